The van der Waals surface area contributed by atoms with Gasteiger partial charge in [0.05, 0.1) is 11.4 Å². The van der Waals surface area contributed by atoms with E-state index in [1.165, 1.54) is 37.1 Å². The van der Waals surface area contributed by atoms with Gasteiger partial charge in [0.25, 0.3) is 0 Å². The van der Waals surface area contributed by atoms with Gasteiger partial charge in [-0.1, -0.05) is 18.1 Å². The zero-order valence-electron chi connectivity index (χ0n) is 11.1. The van der Waals surface area contributed by atoms with E-state index in [9.17, 15) is 4.79 Å². The Labute approximate surface area is 108 Å². The molecule has 2 rings (SSSR count). The van der Waals surface area contributed by atoms with Crippen molar-refractivity contribution in [3.8, 4) is 0 Å². The smallest absolute Gasteiger partial charge is 0.216 e. The van der Waals surface area contributed by atoms with E-state index in [0.717, 1.165) is 25.8 Å². The third kappa shape index (κ3) is 3.55. The second-order valence-electron chi connectivity index (χ2n) is 4.96. The van der Waals surface area contributed by atoms with Gasteiger partial charge in [-0.05, 0) is 32.1 Å². The van der Waals surface area contributed by atoms with Crippen molar-refractivity contribution in [2.24, 2.45) is 0 Å². The third-order valence-corrected chi connectivity index (χ3v) is 3.42. The summed E-state index contributed by atoms with van der Waals surface area (Å²) in [7, 11) is 0. The molecule has 1 aliphatic rings. The summed E-state index contributed by atoms with van der Waals surface area (Å²) in [6, 6.07) is 0. The molecular weight excluding hydrogens is 228 g/mol. The molecule has 0 saturated heterocycles. The lowest BCUT2D eigenvalue weighted by molar-refractivity contribution is -0.118. The second kappa shape index (κ2) is 6.52. The molecule has 0 fully saturated rings. The first kappa shape index (κ1) is 13.1. The van der Waals surface area contributed by atoms with E-state index in [4.69, 9.17) is 0 Å². The van der Waals surface area contributed by atoms with Crippen LogP contribution in [0.4, 0.5) is 0 Å². The zero-order chi connectivity index (χ0) is 12.8. The van der Waals surface area contributed by atoms with Crippen molar-refractivity contribution < 1.29 is 4.79 Å². The van der Waals surface area contributed by atoms with Crippen molar-refractivity contribution >= 4 is 5.91 Å². The monoisotopic (exact) mass is 250 g/mol. The van der Waals surface area contributed by atoms with Gasteiger partial charge in [-0.25, -0.2) is 4.68 Å². The SMILES string of the molecule is CC(=O)NCCCn1nnc2c1CCCCCC2. The van der Waals surface area contributed by atoms with Crippen LogP contribution in [-0.2, 0) is 24.2 Å². The Balaban J connectivity index is 1.90. The van der Waals surface area contributed by atoms with Crippen molar-refractivity contribution in [3.05, 3.63) is 11.4 Å². The van der Waals surface area contributed by atoms with Gasteiger partial charge in [0.1, 0.15) is 0 Å². The molecule has 0 unspecified atom stereocenters. The molecule has 5 heteroatoms. The molecule has 0 aromatic carbocycles. The number of hydrogen-bond donors (Lipinski definition) is 1. The average Bonchev–Trinajstić information content (AvgIpc) is 2.66. The summed E-state index contributed by atoms with van der Waals surface area (Å²) in [5.41, 5.74) is 2.51. The lowest BCUT2D eigenvalue weighted by atomic mass is 10.0. The van der Waals surface area contributed by atoms with E-state index >= 15 is 0 Å². The number of carbonyl (C=O) groups is 1. The number of nitrogens with zero attached hydrogens (tertiary/aromatic N) is 3. The largest absolute Gasteiger partial charge is 0.356 e. The molecule has 0 aliphatic heterocycles. The fourth-order valence-corrected chi connectivity index (χ4v) is 2.45. The van der Waals surface area contributed by atoms with Crippen LogP contribution in [0.25, 0.3) is 0 Å². The third-order valence-electron chi connectivity index (χ3n) is 3.42. The number of amides is 1. The molecule has 1 aromatic heterocycles. The molecule has 0 spiro atoms. The van der Waals surface area contributed by atoms with E-state index in [0.29, 0.717) is 6.54 Å². The normalized spacial score (nSPS) is 15.6. The van der Waals surface area contributed by atoms with Gasteiger partial charge in [-0.2, -0.15) is 0 Å². The van der Waals surface area contributed by atoms with Gasteiger partial charge in [-0.3, -0.25) is 4.79 Å². The predicted molar refractivity (Wildman–Crippen MR) is 69.2 cm³/mol. The van der Waals surface area contributed by atoms with Crippen LogP contribution in [0, 0.1) is 0 Å². The van der Waals surface area contributed by atoms with Crippen LogP contribution in [0.3, 0.4) is 0 Å². The number of aromatic nitrogens is 3. The topological polar surface area (TPSA) is 59.8 Å². The maximum absolute atomic E-state index is 10.8. The van der Waals surface area contributed by atoms with Gasteiger partial charge < -0.3 is 5.32 Å². The maximum atomic E-state index is 10.8. The Hall–Kier alpha value is -1.39. The molecule has 100 valence electrons. The lowest BCUT2D eigenvalue weighted by Gasteiger charge is -2.11. The fraction of sp³-hybridized carbons (Fsp3) is 0.769. The summed E-state index contributed by atoms with van der Waals surface area (Å²) in [5.74, 6) is 0.0314. The Morgan fingerprint density at radius 2 is 2.06 bits per heavy atom. The van der Waals surface area contributed by atoms with Crippen molar-refractivity contribution in [1.29, 1.82) is 0 Å². The lowest BCUT2D eigenvalue weighted by Crippen LogP contribution is -2.22. The highest BCUT2D eigenvalue weighted by atomic mass is 16.1. The van der Waals surface area contributed by atoms with Gasteiger partial charge in [0.15, 0.2) is 0 Å². The fourth-order valence-electron chi connectivity index (χ4n) is 2.45. The molecule has 0 saturated carbocycles. The summed E-state index contributed by atoms with van der Waals surface area (Å²) < 4.78 is 2.03. The van der Waals surface area contributed by atoms with Crippen LogP contribution < -0.4 is 5.32 Å². The second-order valence-corrected chi connectivity index (χ2v) is 4.96. The van der Waals surface area contributed by atoms with E-state index in [1.54, 1.807) is 6.92 Å². The standard InChI is InChI=1S/C13H22N4O/c1-11(18)14-9-6-10-17-13-8-5-3-2-4-7-12(13)15-16-17/h2-10H2,1H3,(H,14,18). The predicted octanol–water partition coefficient (Wildman–Crippen LogP) is 1.46. The van der Waals surface area contributed by atoms with E-state index in [2.05, 4.69) is 15.6 Å². The van der Waals surface area contributed by atoms with Gasteiger partial charge >= 0.3 is 0 Å². The first-order valence-electron chi connectivity index (χ1n) is 6.93. The number of carbonyl (C=O) groups excluding carboxylic acids is 1. The van der Waals surface area contributed by atoms with Crippen molar-refractivity contribution in [2.75, 3.05) is 6.54 Å². The Kier molecular flexibility index (Phi) is 4.73. The number of aryl methyl sites for hydroxylation is 2. The molecule has 18 heavy (non-hydrogen) atoms. The van der Waals surface area contributed by atoms with Crippen LogP contribution in [0.1, 0.15) is 50.4 Å². The van der Waals surface area contributed by atoms with Crippen LogP contribution >= 0.6 is 0 Å². The quantitative estimate of drug-likeness (QED) is 0.823. The maximum Gasteiger partial charge on any atom is 0.216 e. The molecule has 1 N–H and O–H groups in total. The average molecular weight is 250 g/mol. The highest BCUT2D eigenvalue weighted by Gasteiger charge is 2.14. The van der Waals surface area contributed by atoms with Crippen molar-refractivity contribution in [3.63, 3.8) is 0 Å². The molecule has 0 atom stereocenters. The molecular formula is C13H22N4O. The molecule has 1 aliphatic carbocycles. The van der Waals surface area contributed by atoms with Crippen LogP contribution in [0.2, 0.25) is 0 Å². The first-order valence-corrected chi connectivity index (χ1v) is 6.93. The molecule has 0 radical (unpaired) electrons. The Morgan fingerprint density at radius 3 is 2.83 bits per heavy atom. The number of rotatable bonds is 4. The summed E-state index contributed by atoms with van der Waals surface area (Å²) in [6.07, 6.45) is 8.19. The molecule has 0 bridgehead atoms. The molecule has 1 heterocycles. The van der Waals surface area contributed by atoms with Crippen LogP contribution in [0.5, 0.6) is 0 Å². The summed E-state index contributed by atoms with van der Waals surface area (Å²) in [4.78, 5) is 10.8. The Bertz CT molecular complexity index is 400. The highest BCUT2D eigenvalue weighted by Crippen LogP contribution is 2.18. The summed E-state index contributed by atoms with van der Waals surface area (Å²) in [6.45, 7) is 3.11. The Morgan fingerprint density at radius 1 is 1.28 bits per heavy atom. The molecule has 1 amide bonds. The summed E-state index contributed by atoms with van der Waals surface area (Å²) >= 11 is 0. The minimum Gasteiger partial charge on any atom is -0.356 e. The number of hydrogen-bond acceptors (Lipinski definition) is 3. The van der Waals surface area contributed by atoms with E-state index in [-0.39, 0.29) is 5.91 Å². The van der Waals surface area contributed by atoms with Gasteiger partial charge in [-0.15, -0.1) is 5.10 Å². The first-order chi connectivity index (χ1) is 8.77. The minimum atomic E-state index is 0.0314. The zero-order valence-corrected chi connectivity index (χ0v) is 11.1. The summed E-state index contributed by atoms with van der Waals surface area (Å²) in [5, 5.41) is 11.4. The molecule has 1 aromatic rings. The minimum absolute atomic E-state index is 0.0314. The number of fused-ring (bicyclic) bond motifs is 1. The van der Waals surface area contributed by atoms with Crippen molar-refractivity contribution in [2.45, 2.75) is 58.4 Å². The van der Waals surface area contributed by atoms with Crippen molar-refractivity contribution in [1.82, 2.24) is 20.3 Å². The van der Waals surface area contributed by atoms with E-state index < -0.39 is 0 Å². The van der Waals surface area contributed by atoms with Gasteiger partial charge in [0.2, 0.25) is 5.91 Å². The molecule has 5 nitrogen and oxygen atoms in total. The van der Waals surface area contributed by atoms with E-state index in [1.807, 2.05) is 4.68 Å². The van der Waals surface area contributed by atoms with Crippen LogP contribution in [0.15, 0.2) is 0 Å². The number of nitrogens with one attached hydrogen (secondary N) is 1. The van der Waals surface area contributed by atoms with Crippen LogP contribution in [-0.4, -0.2) is 27.4 Å². The highest BCUT2D eigenvalue weighted by molar-refractivity contribution is 5.72. The van der Waals surface area contributed by atoms with Gasteiger partial charge in [0, 0.05) is 20.0 Å².